The lowest BCUT2D eigenvalue weighted by Crippen LogP contribution is -2.24. The molecule has 4 aromatic heterocycles. The maximum Gasteiger partial charge on any atom is 0.157 e. The molecule has 0 bridgehead atoms. The molecular formula is C29H38N6O. The third-order valence-electron chi connectivity index (χ3n) is 6.44. The van der Waals surface area contributed by atoms with Crippen molar-refractivity contribution in [1.82, 2.24) is 29.5 Å². The van der Waals surface area contributed by atoms with Crippen LogP contribution in [0.15, 0.2) is 48.8 Å². The maximum atomic E-state index is 5.66. The summed E-state index contributed by atoms with van der Waals surface area (Å²) in [5.41, 5.74) is 4.33. The summed E-state index contributed by atoms with van der Waals surface area (Å²) in [5, 5.41) is 9.58. The van der Waals surface area contributed by atoms with E-state index in [2.05, 4.69) is 80.5 Å². The molecule has 0 fully saturated rings. The molecular weight excluding hydrogens is 448 g/mol. The fourth-order valence-corrected chi connectivity index (χ4v) is 3.97. The van der Waals surface area contributed by atoms with Gasteiger partial charge in [-0.15, -0.1) is 0 Å². The Balaban J connectivity index is 1.78. The molecule has 0 saturated heterocycles. The minimum absolute atomic E-state index is 0.0303. The van der Waals surface area contributed by atoms with Crippen LogP contribution >= 0.6 is 0 Å². The number of nitrogens with zero attached hydrogens (tertiary/aromatic N) is 6. The van der Waals surface area contributed by atoms with E-state index in [9.17, 15) is 0 Å². The Labute approximate surface area is 214 Å². The topological polar surface area (TPSA) is 70.7 Å². The molecule has 0 spiro atoms. The van der Waals surface area contributed by atoms with E-state index >= 15 is 0 Å². The Bertz CT molecular complexity index is 1380. The zero-order chi connectivity index (χ0) is 26.5. The van der Waals surface area contributed by atoms with Crippen molar-refractivity contribution >= 4 is 0 Å². The highest BCUT2D eigenvalue weighted by Crippen LogP contribution is 2.33. The molecule has 0 aliphatic rings. The summed E-state index contributed by atoms with van der Waals surface area (Å²) >= 11 is 0. The van der Waals surface area contributed by atoms with Gasteiger partial charge in [-0.3, -0.25) is 0 Å². The Morgan fingerprint density at radius 3 is 1.56 bits per heavy atom. The van der Waals surface area contributed by atoms with Crippen molar-refractivity contribution in [2.45, 2.75) is 78.6 Å². The molecule has 36 heavy (non-hydrogen) atoms. The van der Waals surface area contributed by atoms with E-state index in [0.29, 0.717) is 5.82 Å². The molecule has 0 N–H and O–H groups in total. The van der Waals surface area contributed by atoms with Crippen LogP contribution in [0.1, 0.15) is 83.7 Å². The molecule has 0 aliphatic heterocycles. The lowest BCUT2D eigenvalue weighted by molar-refractivity contribution is 0.411. The molecule has 0 atom stereocenters. The zero-order valence-corrected chi connectivity index (χ0v) is 23.2. The van der Waals surface area contributed by atoms with Crippen LogP contribution in [0.5, 0.6) is 5.75 Å². The van der Waals surface area contributed by atoms with Gasteiger partial charge in [0.15, 0.2) is 11.6 Å². The quantitative estimate of drug-likeness (QED) is 0.342. The molecule has 0 unspecified atom stereocenters. The molecule has 4 rings (SSSR count). The number of pyridine rings is 2. The summed E-state index contributed by atoms with van der Waals surface area (Å²) in [6, 6.07) is 12.2. The summed E-state index contributed by atoms with van der Waals surface area (Å²) < 4.78 is 9.33. The van der Waals surface area contributed by atoms with Gasteiger partial charge in [0.1, 0.15) is 5.75 Å². The van der Waals surface area contributed by atoms with Crippen molar-refractivity contribution in [3.05, 3.63) is 77.1 Å². The smallest absolute Gasteiger partial charge is 0.157 e. The van der Waals surface area contributed by atoms with Crippen molar-refractivity contribution in [3.63, 3.8) is 0 Å². The summed E-state index contributed by atoms with van der Waals surface area (Å²) in [6.45, 7) is 19.3. The first-order chi connectivity index (χ1) is 16.7. The first-order valence-corrected chi connectivity index (χ1v) is 12.4. The van der Waals surface area contributed by atoms with Crippen LogP contribution in [0.3, 0.4) is 0 Å². The molecule has 0 saturated carbocycles. The number of rotatable bonds is 5. The van der Waals surface area contributed by atoms with E-state index in [0.717, 1.165) is 39.9 Å². The second kappa shape index (κ2) is 8.87. The van der Waals surface area contributed by atoms with Crippen LogP contribution in [0.2, 0.25) is 0 Å². The molecule has 190 valence electrons. The van der Waals surface area contributed by atoms with Crippen LogP contribution in [-0.2, 0) is 16.2 Å². The Morgan fingerprint density at radius 2 is 1.11 bits per heavy atom. The molecule has 4 aromatic rings. The van der Waals surface area contributed by atoms with Crippen molar-refractivity contribution in [1.29, 1.82) is 0 Å². The second-order valence-electron chi connectivity index (χ2n) is 12.1. The minimum Gasteiger partial charge on any atom is -0.497 e. The van der Waals surface area contributed by atoms with Gasteiger partial charge in [0, 0.05) is 40.8 Å². The normalized spacial score (nSPS) is 12.7. The predicted octanol–water partition coefficient (Wildman–Crippen LogP) is 6.09. The van der Waals surface area contributed by atoms with Crippen molar-refractivity contribution < 1.29 is 4.74 Å². The van der Waals surface area contributed by atoms with Gasteiger partial charge in [-0.1, -0.05) is 41.5 Å². The standard InChI is InChI=1S/C29H38N6O/c1-19-15-23(30-25(16-19)34-13-11-21(32-34)27(2,3)4)29(8,9)24-17-20(36-10)18-26(31-24)35-14-12-22(33-35)28(5,6)7/h11-18H,1-10H3. The molecule has 0 aliphatic carbocycles. The highest BCUT2D eigenvalue weighted by molar-refractivity contribution is 5.43. The van der Waals surface area contributed by atoms with Crippen LogP contribution in [-0.4, -0.2) is 36.6 Å². The summed E-state index contributed by atoms with van der Waals surface area (Å²) in [6.07, 6.45) is 3.93. The fourth-order valence-electron chi connectivity index (χ4n) is 3.97. The van der Waals surface area contributed by atoms with E-state index in [1.165, 1.54) is 0 Å². The van der Waals surface area contributed by atoms with Crippen LogP contribution in [0.4, 0.5) is 0 Å². The predicted molar refractivity (Wildman–Crippen MR) is 144 cm³/mol. The van der Waals surface area contributed by atoms with Crippen LogP contribution < -0.4 is 4.74 Å². The van der Waals surface area contributed by atoms with Crippen LogP contribution in [0.25, 0.3) is 11.6 Å². The lowest BCUT2D eigenvalue weighted by Gasteiger charge is -2.26. The number of methoxy groups -OCH3 is 1. The Hall–Kier alpha value is -3.48. The molecule has 7 heteroatoms. The number of ether oxygens (including phenoxy) is 1. The van der Waals surface area contributed by atoms with Crippen molar-refractivity contribution in [3.8, 4) is 17.4 Å². The molecule has 0 radical (unpaired) electrons. The van der Waals surface area contributed by atoms with E-state index in [1.54, 1.807) is 7.11 Å². The summed E-state index contributed by atoms with van der Waals surface area (Å²) in [4.78, 5) is 10.1. The summed E-state index contributed by atoms with van der Waals surface area (Å²) in [7, 11) is 1.67. The zero-order valence-electron chi connectivity index (χ0n) is 23.2. The highest BCUT2D eigenvalue weighted by Gasteiger charge is 2.29. The Morgan fingerprint density at radius 1 is 0.639 bits per heavy atom. The van der Waals surface area contributed by atoms with Gasteiger partial charge in [0.05, 0.1) is 29.9 Å². The molecule has 7 nitrogen and oxygen atoms in total. The van der Waals surface area contributed by atoms with Gasteiger partial charge in [-0.05, 0) is 50.6 Å². The van der Waals surface area contributed by atoms with Gasteiger partial charge in [0.2, 0.25) is 0 Å². The minimum atomic E-state index is -0.496. The first kappa shape index (κ1) is 25.6. The monoisotopic (exact) mass is 486 g/mol. The number of hydrogen-bond donors (Lipinski definition) is 0. The lowest BCUT2D eigenvalue weighted by atomic mass is 9.84. The number of hydrogen-bond acceptors (Lipinski definition) is 5. The number of aryl methyl sites for hydroxylation is 1. The van der Waals surface area contributed by atoms with Gasteiger partial charge >= 0.3 is 0 Å². The molecule has 0 amide bonds. The molecule has 4 heterocycles. The van der Waals surface area contributed by atoms with Gasteiger partial charge in [0.25, 0.3) is 0 Å². The van der Waals surface area contributed by atoms with Crippen molar-refractivity contribution in [2.75, 3.05) is 7.11 Å². The fraction of sp³-hybridized carbons (Fsp3) is 0.448. The van der Waals surface area contributed by atoms with E-state index in [-0.39, 0.29) is 10.8 Å². The van der Waals surface area contributed by atoms with Crippen LogP contribution in [0, 0.1) is 6.92 Å². The van der Waals surface area contributed by atoms with Gasteiger partial charge in [-0.25, -0.2) is 19.3 Å². The largest absolute Gasteiger partial charge is 0.497 e. The highest BCUT2D eigenvalue weighted by atomic mass is 16.5. The first-order valence-electron chi connectivity index (χ1n) is 12.4. The van der Waals surface area contributed by atoms with Gasteiger partial charge < -0.3 is 4.74 Å². The second-order valence-corrected chi connectivity index (χ2v) is 12.1. The molecule has 0 aromatic carbocycles. The maximum absolute atomic E-state index is 5.66. The van der Waals surface area contributed by atoms with Gasteiger partial charge in [-0.2, -0.15) is 10.2 Å². The average Bonchev–Trinajstić information content (AvgIpc) is 3.48. The average molecular weight is 487 g/mol. The van der Waals surface area contributed by atoms with E-state index < -0.39 is 5.41 Å². The van der Waals surface area contributed by atoms with E-state index in [1.807, 2.05) is 40.0 Å². The summed E-state index contributed by atoms with van der Waals surface area (Å²) in [5.74, 6) is 2.23. The number of aromatic nitrogens is 6. The van der Waals surface area contributed by atoms with E-state index in [4.69, 9.17) is 24.9 Å². The third-order valence-corrected chi connectivity index (χ3v) is 6.44. The van der Waals surface area contributed by atoms with Crippen molar-refractivity contribution in [2.24, 2.45) is 0 Å². The third kappa shape index (κ3) is 5.06. The Kier molecular flexibility index (Phi) is 6.31. The SMILES string of the molecule is COc1cc(-n2ccc(C(C)(C)C)n2)nc(C(C)(C)c2cc(C)cc(-n3ccc(C(C)(C)C)n3)n2)c1.